The van der Waals surface area contributed by atoms with E-state index in [0.29, 0.717) is 25.9 Å². The summed E-state index contributed by atoms with van der Waals surface area (Å²) in [6.45, 7) is 4.89. The van der Waals surface area contributed by atoms with Gasteiger partial charge in [-0.1, -0.05) is 236 Å². The Morgan fingerprint density at radius 3 is 1.17 bits per heavy atom. The second kappa shape index (κ2) is 55.4. The third kappa shape index (κ3) is 51.2. The normalized spacial score (nSPS) is 13.0. The van der Waals surface area contributed by atoms with Crippen LogP contribution in [0.15, 0.2) is 48.6 Å². The molecule has 66 heavy (non-hydrogen) atoms. The van der Waals surface area contributed by atoms with E-state index in [1.807, 2.05) is 0 Å². The fourth-order valence-corrected chi connectivity index (χ4v) is 8.64. The summed E-state index contributed by atoms with van der Waals surface area (Å²) in [7, 11) is 0. The lowest BCUT2D eigenvalue weighted by atomic mass is 10.0. The van der Waals surface area contributed by atoms with Crippen LogP contribution in [0.3, 0.4) is 0 Å². The Labute approximate surface area is 410 Å². The molecule has 1 amide bonds. The van der Waals surface area contributed by atoms with Crippen LogP contribution in [0, 0.1) is 0 Å². The first-order valence-corrected chi connectivity index (χ1v) is 28.9. The third-order valence-corrected chi connectivity index (χ3v) is 13.1. The Morgan fingerprint density at radius 2 is 0.758 bits per heavy atom. The van der Waals surface area contributed by atoms with Crippen molar-refractivity contribution in [2.24, 2.45) is 0 Å². The van der Waals surface area contributed by atoms with Gasteiger partial charge in [0.2, 0.25) is 5.91 Å². The van der Waals surface area contributed by atoms with E-state index in [1.165, 1.54) is 167 Å². The number of ether oxygens (including phenoxy) is 1. The van der Waals surface area contributed by atoms with Crippen LogP contribution in [0.5, 0.6) is 0 Å². The van der Waals surface area contributed by atoms with Gasteiger partial charge in [-0.3, -0.25) is 9.59 Å². The summed E-state index contributed by atoms with van der Waals surface area (Å²) < 4.78 is 5.45. The van der Waals surface area contributed by atoms with Crippen LogP contribution in [0.4, 0.5) is 0 Å². The number of hydrogen-bond donors (Lipinski definition) is 3. The summed E-state index contributed by atoms with van der Waals surface area (Å²) in [5.41, 5.74) is 0. The van der Waals surface area contributed by atoms with Gasteiger partial charge in [0.25, 0.3) is 0 Å². The molecule has 2 unspecified atom stereocenters. The monoisotopic (exact) mass is 926 g/mol. The maximum absolute atomic E-state index is 12.5. The molecule has 6 heteroatoms. The first kappa shape index (κ1) is 63.8. The van der Waals surface area contributed by atoms with Crippen molar-refractivity contribution < 1.29 is 24.5 Å². The highest BCUT2D eigenvalue weighted by Gasteiger charge is 2.20. The van der Waals surface area contributed by atoms with Crippen molar-refractivity contribution in [2.45, 2.75) is 309 Å². The lowest BCUT2D eigenvalue weighted by Crippen LogP contribution is -2.45. The molecule has 0 fully saturated rings. The Kier molecular flexibility index (Phi) is 53.6. The minimum absolute atomic E-state index is 0.0292. The maximum Gasteiger partial charge on any atom is 0.305 e. The van der Waals surface area contributed by atoms with Gasteiger partial charge in [-0.05, 0) is 96.3 Å². The van der Waals surface area contributed by atoms with Crippen molar-refractivity contribution in [1.82, 2.24) is 5.32 Å². The standard InChI is InChI=1S/C60H111NO5/c1-3-5-7-9-11-13-15-17-19-24-28-32-36-40-44-48-52-58(63)57(56-62)61-59(64)53-49-45-41-37-33-29-25-22-21-23-27-31-35-39-43-47-51-55-66-60(65)54-50-46-42-38-34-30-26-20-18-16-14-12-10-8-6-4-2/h14,16,20-21,23,26,31,35,57-58,62-63H,3-13,15,17-19,22,24-25,27-30,32-34,36-56H2,1-2H3,(H,61,64)/b16-14-,23-21-,26-20-,35-31-. The minimum atomic E-state index is -0.676. The first-order valence-electron chi connectivity index (χ1n) is 28.9. The Balaban J connectivity index is 3.51. The van der Waals surface area contributed by atoms with Gasteiger partial charge in [0.15, 0.2) is 0 Å². The zero-order chi connectivity index (χ0) is 47.9. The topological polar surface area (TPSA) is 95.9 Å². The SMILES string of the molecule is CCCCCC/C=C\C/C=C\CCCCCCCC(=O)OCCCCC/C=C\C/C=C\CCCCCCCCCC(=O)NC(CO)C(O)CCCCCCCCCCCCCCCCCC. The van der Waals surface area contributed by atoms with E-state index < -0.39 is 12.1 Å². The molecule has 0 bridgehead atoms. The largest absolute Gasteiger partial charge is 0.466 e. The molecule has 3 N–H and O–H groups in total. The van der Waals surface area contributed by atoms with E-state index in [4.69, 9.17) is 4.74 Å². The van der Waals surface area contributed by atoms with Crippen molar-refractivity contribution in [3.8, 4) is 0 Å². The summed E-state index contributed by atoms with van der Waals surface area (Å²) in [6, 6.07) is -0.555. The van der Waals surface area contributed by atoms with Crippen molar-refractivity contribution in [3.63, 3.8) is 0 Å². The van der Waals surface area contributed by atoms with Gasteiger partial charge >= 0.3 is 5.97 Å². The van der Waals surface area contributed by atoms with Crippen LogP contribution < -0.4 is 5.32 Å². The van der Waals surface area contributed by atoms with Gasteiger partial charge in [-0.15, -0.1) is 0 Å². The summed E-state index contributed by atoms with van der Waals surface area (Å²) in [6.07, 6.45) is 69.5. The van der Waals surface area contributed by atoms with Crippen LogP contribution in [-0.2, 0) is 14.3 Å². The fraction of sp³-hybridized carbons (Fsp3) is 0.833. The summed E-state index contributed by atoms with van der Waals surface area (Å²) in [5.74, 6) is -0.0804. The van der Waals surface area contributed by atoms with Crippen LogP contribution in [0.2, 0.25) is 0 Å². The summed E-state index contributed by atoms with van der Waals surface area (Å²) in [4.78, 5) is 24.5. The first-order chi connectivity index (χ1) is 32.5. The molecule has 0 saturated heterocycles. The number of carbonyl (C=O) groups excluding carboxylic acids is 2. The molecular weight excluding hydrogens is 815 g/mol. The molecule has 0 aromatic heterocycles. The van der Waals surface area contributed by atoms with Gasteiger partial charge in [0, 0.05) is 12.8 Å². The Morgan fingerprint density at radius 1 is 0.424 bits per heavy atom. The number of esters is 1. The molecule has 0 aromatic carbocycles. The highest BCUT2D eigenvalue weighted by atomic mass is 16.5. The number of amides is 1. The lowest BCUT2D eigenvalue weighted by molar-refractivity contribution is -0.143. The molecule has 0 rings (SSSR count). The zero-order valence-corrected chi connectivity index (χ0v) is 43.9. The van der Waals surface area contributed by atoms with Crippen molar-refractivity contribution in [1.29, 1.82) is 0 Å². The van der Waals surface area contributed by atoms with Gasteiger partial charge in [-0.25, -0.2) is 0 Å². The molecule has 0 heterocycles. The highest BCUT2D eigenvalue weighted by molar-refractivity contribution is 5.76. The molecule has 0 aliphatic carbocycles. The van der Waals surface area contributed by atoms with E-state index in [0.717, 1.165) is 96.3 Å². The maximum atomic E-state index is 12.5. The van der Waals surface area contributed by atoms with Crippen molar-refractivity contribution >= 4 is 11.9 Å². The zero-order valence-electron chi connectivity index (χ0n) is 43.9. The number of nitrogens with one attached hydrogen (secondary N) is 1. The van der Waals surface area contributed by atoms with E-state index in [9.17, 15) is 19.8 Å². The molecule has 0 aromatic rings. The van der Waals surface area contributed by atoms with Gasteiger partial charge in [0.1, 0.15) is 0 Å². The summed E-state index contributed by atoms with van der Waals surface area (Å²) >= 11 is 0. The number of rotatable bonds is 53. The predicted molar refractivity (Wildman–Crippen MR) is 287 cm³/mol. The molecular formula is C60H111NO5. The smallest absolute Gasteiger partial charge is 0.305 e. The van der Waals surface area contributed by atoms with E-state index in [-0.39, 0.29) is 18.5 Å². The van der Waals surface area contributed by atoms with Gasteiger partial charge in [-0.2, -0.15) is 0 Å². The summed E-state index contributed by atoms with van der Waals surface area (Å²) in [5, 5.41) is 23.3. The number of aliphatic hydroxyl groups excluding tert-OH is 2. The highest BCUT2D eigenvalue weighted by Crippen LogP contribution is 2.16. The number of unbranched alkanes of at least 4 members (excludes halogenated alkanes) is 34. The molecule has 6 nitrogen and oxygen atoms in total. The molecule has 0 aliphatic heterocycles. The average molecular weight is 927 g/mol. The Hall–Kier alpha value is -2.18. The Bertz CT molecular complexity index is 1110. The number of allylic oxidation sites excluding steroid dienone is 8. The van der Waals surface area contributed by atoms with E-state index in [1.54, 1.807) is 0 Å². The van der Waals surface area contributed by atoms with Crippen molar-refractivity contribution in [2.75, 3.05) is 13.2 Å². The fourth-order valence-electron chi connectivity index (χ4n) is 8.64. The van der Waals surface area contributed by atoms with Crippen LogP contribution in [0.25, 0.3) is 0 Å². The molecule has 0 spiro atoms. The number of aliphatic hydroxyl groups is 2. The van der Waals surface area contributed by atoms with Gasteiger partial charge in [0.05, 0.1) is 25.4 Å². The molecule has 0 radical (unpaired) electrons. The van der Waals surface area contributed by atoms with E-state index in [2.05, 4.69) is 67.8 Å². The third-order valence-electron chi connectivity index (χ3n) is 13.1. The second-order valence-corrected chi connectivity index (χ2v) is 19.6. The molecule has 0 aliphatic rings. The minimum Gasteiger partial charge on any atom is -0.466 e. The van der Waals surface area contributed by atoms with Crippen LogP contribution >= 0.6 is 0 Å². The lowest BCUT2D eigenvalue weighted by Gasteiger charge is -2.22. The number of carbonyl (C=O) groups is 2. The quantitative estimate of drug-likeness (QED) is 0.0321. The van der Waals surface area contributed by atoms with Crippen molar-refractivity contribution in [3.05, 3.63) is 48.6 Å². The molecule has 0 saturated carbocycles. The molecule has 2 atom stereocenters. The predicted octanol–water partition coefficient (Wildman–Crippen LogP) is 17.8. The van der Waals surface area contributed by atoms with Gasteiger partial charge < -0.3 is 20.3 Å². The average Bonchev–Trinajstić information content (AvgIpc) is 3.32. The van der Waals surface area contributed by atoms with E-state index >= 15 is 0 Å². The van der Waals surface area contributed by atoms with Crippen LogP contribution in [0.1, 0.15) is 296 Å². The van der Waals surface area contributed by atoms with Crippen LogP contribution in [-0.4, -0.2) is 47.4 Å². The second-order valence-electron chi connectivity index (χ2n) is 19.6. The molecule has 386 valence electrons. The number of hydrogen-bond acceptors (Lipinski definition) is 5.